The molecule has 0 aromatic heterocycles. The number of rotatable bonds is 3. The third-order valence-corrected chi connectivity index (χ3v) is 3.98. The summed E-state index contributed by atoms with van der Waals surface area (Å²) >= 11 is 0. The molecule has 1 saturated heterocycles. The van der Waals surface area contributed by atoms with E-state index in [1.165, 1.54) is 0 Å². The fourth-order valence-corrected chi connectivity index (χ4v) is 2.61. The van der Waals surface area contributed by atoms with Gasteiger partial charge in [-0.1, -0.05) is 30.3 Å². The normalized spacial score (nSPS) is 28.9. The highest BCUT2D eigenvalue weighted by Crippen LogP contribution is 2.41. The van der Waals surface area contributed by atoms with Crippen LogP contribution < -0.4 is 5.32 Å². The number of hydrogen-bond acceptors (Lipinski definition) is 3. The maximum absolute atomic E-state index is 11.7. The highest BCUT2D eigenvalue weighted by Gasteiger charge is 2.47. The van der Waals surface area contributed by atoms with Crippen molar-refractivity contribution >= 4 is 6.09 Å². The van der Waals surface area contributed by atoms with E-state index in [1.54, 1.807) is 0 Å². The van der Waals surface area contributed by atoms with Crippen LogP contribution in [-0.2, 0) is 16.1 Å². The summed E-state index contributed by atoms with van der Waals surface area (Å²) in [6.07, 6.45) is 3.76. The second kappa shape index (κ2) is 5.21. The van der Waals surface area contributed by atoms with Crippen LogP contribution in [0.3, 0.4) is 0 Å². The Morgan fingerprint density at radius 1 is 1.32 bits per heavy atom. The molecular formula is C15H19NO3. The van der Waals surface area contributed by atoms with Gasteiger partial charge >= 0.3 is 6.09 Å². The minimum absolute atomic E-state index is 0.173. The number of epoxide rings is 1. The Hall–Kier alpha value is -1.55. The minimum Gasteiger partial charge on any atom is -0.445 e. The molecule has 1 aromatic rings. The predicted molar refractivity (Wildman–Crippen MR) is 70.7 cm³/mol. The van der Waals surface area contributed by atoms with Crippen LogP contribution in [-0.4, -0.2) is 24.3 Å². The number of alkyl carbamates (subject to hydrolysis) is 1. The SMILES string of the molecule is O=C(NC1CCC2(CC1)CO2)OCc1ccccc1. The summed E-state index contributed by atoms with van der Waals surface area (Å²) in [5.41, 5.74) is 1.18. The van der Waals surface area contributed by atoms with E-state index in [9.17, 15) is 4.79 Å². The maximum atomic E-state index is 11.7. The number of amides is 1. The molecular weight excluding hydrogens is 242 g/mol. The summed E-state index contributed by atoms with van der Waals surface area (Å²) in [5.74, 6) is 0. The molecule has 1 heterocycles. The number of nitrogens with one attached hydrogen (secondary N) is 1. The highest BCUT2D eigenvalue weighted by atomic mass is 16.6. The van der Waals surface area contributed by atoms with Gasteiger partial charge < -0.3 is 14.8 Å². The summed E-state index contributed by atoms with van der Waals surface area (Å²) < 4.78 is 10.7. The first kappa shape index (κ1) is 12.5. The quantitative estimate of drug-likeness (QED) is 0.851. The van der Waals surface area contributed by atoms with Crippen LogP contribution in [0.5, 0.6) is 0 Å². The van der Waals surface area contributed by atoms with Crippen LogP contribution in [0.15, 0.2) is 30.3 Å². The van der Waals surface area contributed by atoms with E-state index >= 15 is 0 Å². The van der Waals surface area contributed by atoms with E-state index in [1.807, 2.05) is 30.3 Å². The lowest BCUT2D eigenvalue weighted by Gasteiger charge is -2.26. The highest BCUT2D eigenvalue weighted by molar-refractivity contribution is 5.67. The van der Waals surface area contributed by atoms with Gasteiger partial charge in [-0.2, -0.15) is 0 Å². The number of carbonyl (C=O) groups excluding carboxylic acids is 1. The molecule has 1 N–H and O–H groups in total. The van der Waals surface area contributed by atoms with Crippen molar-refractivity contribution in [2.45, 2.75) is 43.9 Å². The zero-order valence-electron chi connectivity index (χ0n) is 10.9. The molecule has 0 unspecified atom stereocenters. The molecule has 1 spiro atoms. The van der Waals surface area contributed by atoms with Crippen molar-refractivity contribution in [1.29, 1.82) is 0 Å². The monoisotopic (exact) mass is 261 g/mol. The topological polar surface area (TPSA) is 50.9 Å². The minimum atomic E-state index is -0.318. The number of benzene rings is 1. The zero-order valence-corrected chi connectivity index (χ0v) is 10.9. The van der Waals surface area contributed by atoms with Gasteiger partial charge in [-0.25, -0.2) is 4.79 Å². The third-order valence-electron chi connectivity index (χ3n) is 3.98. The lowest BCUT2D eigenvalue weighted by atomic mass is 9.86. The average molecular weight is 261 g/mol. The Morgan fingerprint density at radius 2 is 2.00 bits per heavy atom. The van der Waals surface area contributed by atoms with Crippen LogP contribution in [0.2, 0.25) is 0 Å². The molecule has 1 aliphatic carbocycles. The van der Waals surface area contributed by atoms with Gasteiger partial charge in [0.1, 0.15) is 6.61 Å². The van der Waals surface area contributed by atoms with Crippen LogP contribution in [0.1, 0.15) is 31.2 Å². The van der Waals surface area contributed by atoms with Crippen molar-refractivity contribution in [2.75, 3.05) is 6.61 Å². The van der Waals surface area contributed by atoms with E-state index in [0.29, 0.717) is 6.61 Å². The van der Waals surface area contributed by atoms with Crippen molar-refractivity contribution < 1.29 is 14.3 Å². The fourth-order valence-electron chi connectivity index (χ4n) is 2.61. The lowest BCUT2D eigenvalue weighted by molar-refractivity contribution is 0.128. The largest absolute Gasteiger partial charge is 0.445 e. The fraction of sp³-hybridized carbons (Fsp3) is 0.533. The van der Waals surface area contributed by atoms with Crippen molar-refractivity contribution in [1.82, 2.24) is 5.32 Å². The van der Waals surface area contributed by atoms with Gasteiger partial charge in [0.2, 0.25) is 0 Å². The van der Waals surface area contributed by atoms with Crippen LogP contribution in [0, 0.1) is 0 Å². The molecule has 1 aromatic carbocycles. The number of hydrogen-bond donors (Lipinski definition) is 1. The Balaban J connectivity index is 1.39. The molecule has 19 heavy (non-hydrogen) atoms. The molecule has 0 radical (unpaired) electrons. The van der Waals surface area contributed by atoms with Gasteiger partial charge in [-0.05, 0) is 31.2 Å². The van der Waals surface area contributed by atoms with Crippen molar-refractivity contribution in [2.24, 2.45) is 0 Å². The Labute approximate surface area is 113 Å². The molecule has 0 atom stereocenters. The molecule has 1 aliphatic heterocycles. The Bertz CT molecular complexity index is 432. The Morgan fingerprint density at radius 3 is 2.63 bits per heavy atom. The zero-order chi connectivity index (χ0) is 13.1. The number of carbonyl (C=O) groups is 1. The molecule has 4 nitrogen and oxygen atoms in total. The van der Waals surface area contributed by atoms with Gasteiger partial charge in [-0.3, -0.25) is 0 Å². The van der Waals surface area contributed by atoms with E-state index in [-0.39, 0.29) is 17.7 Å². The van der Waals surface area contributed by atoms with Gasteiger partial charge in [0.05, 0.1) is 12.2 Å². The lowest BCUT2D eigenvalue weighted by Crippen LogP contribution is -2.39. The molecule has 1 amide bonds. The van der Waals surface area contributed by atoms with Gasteiger partial charge in [0.15, 0.2) is 0 Å². The Kier molecular flexibility index (Phi) is 3.42. The van der Waals surface area contributed by atoms with Gasteiger partial charge in [0.25, 0.3) is 0 Å². The van der Waals surface area contributed by atoms with Crippen LogP contribution in [0.25, 0.3) is 0 Å². The van der Waals surface area contributed by atoms with E-state index in [2.05, 4.69) is 5.32 Å². The van der Waals surface area contributed by atoms with Crippen LogP contribution >= 0.6 is 0 Å². The second-order valence-corrected chi connectivity index (χ2v) is 5.45. The van der Waals surface area contributed by atoms with Crippen LogP contribution in [0.4, 0.5) is 4.79 Å². The molecule has 4 heteroatoms. The van der Waals surface area contributed by atoms with E-state index < -0.39 is 0 Å². The summed E-state index contributed by atoms with van der Waals surface area (Å²) in [6, 6.07) is 9.95. The molecule has 3 rings (SSSR count). The summed E-state index contributed by atoms with van der Waals surface area (Å²) in [6.45, 7) is 1.23. The average Bonchev–Trinajstić information content (AvgIpc) is 3.20. The molecule has 2 aliphatic rings. The molecule has 1 saturated carbocycles. The summed E-state index contributed by atoms with van der Waals surface area (Å²) in [4.78, 5) is 11.7. The van der Waals surface area contributed by atoms with E-state index in [0.717, 1.165) is 37.9 Å². The van der Waals surface area contributed by atoms with Crippen molar-refractivity contribution in [3.05, 3.63) is 35.9 Å². The first-order valence-corrected chi connectivity index (χ1v) is 6.87. The summed E-state index contributed by atoms with van der Waals surface area (Å²) in [7, 11) is 0. The smallest absolute Gasteiger partial charge is 0.407 e. The van der Waals surface area contributed by atoms with Gasteiger partial charge in [-0.15, -0.1) is 0 Å². The first-order valence-electron chi connectivity index (χ1n) is 6.87. The summed E-state index contributed by atoms with van der Waals surface area (Å²) in [5, 5.41) is 2.94. The van der Waals surface area contributed by atoms with Gasteiger partial charge in [0, 0.05) is 6.04 Å². The maximum Gasteiger partial charge on any atom is 0.407 e. The standard InChI is InChI=1S/C15H19NO3/c17-14(18-10-12-4-2-1-3-5-12)16-13-6-8-15(9-7-13)11-19-15/h1-5,13H,6-11H2,(H,16,17). The molecule has 102 valence electrons. The molecule has 0 bridgehead atoms. The first-order chi connectivity index (χ1) is 9.26. The molecule has 2 fully saturated rings. The third kappa shape index (κ3) is 3.26. The predicted octanol–water partition coefficient (Wildman–Crippen LogP) is 2.62. The number of ether oxygens (including phenoxy) is 2. The van der Waals surface area contributed by atoms with Crippen molar-refractivity contribution in [3.8, 4) is 0 Å². The van der Waals surface area contributed by atoms with Crippen molar-refractivity contribution in [3.63, 3.8) is 0 Å². The van der Waals surface area contributed by atoms with E-state index in [4.69, 9.17) is 9.47 Å². The second-order valence-electron chi connectivity index (χ2n) is 5.45.